The third kappa shape index (κ3) is 7.59. The minimum atomic E-state index is -0.216. The summed E-state index contributed by atoms with van der Waals surface area (Å²) in [6.07, 6.45) is 3.89. The van der Waals surface area contributed by atoms with Gasteiger partial charge < -0.3 is 15.0 Å². The molecular weight excluding hydrogens is 569 g/mol. The second kappa shape index (κ2) is 13.9. The van der Waals surface area contributed by atoms with Crippen molar-refractivity contribution in [3.63, 3.8) is 0 Å². The van der Waals surface area contributed by atoms with Gasteiger partial charge >= 0.3 is 0 Å². The fraction of sp³-hybridized carbons (Fsp3) is 0.400. The second-order valence-electron chi connectivity index (χ2n) is 10.2. The van der Waals surface area contributed by atoms with Crippen LogP contribution in [-0.4, -0.2) is 79.2 Å². The van der Waals surface area contributed by atoms with Gasteiger partial charge in [0.25, 0.3) is 5.91 Å². The molecule has 2 aliphatic heterocycles. The molecule has 0 bridgehead atoms. The van der Waals surface area contributed by atoms with Crippen LogP contribution in [0, 0.1) is 0 Å². The van der Waals surface area contributed by atoms with Gasteiger partial charge in [-0.25, -0.2) is 4.98 Å². The molecule has 2 saturated heterocycles. The van der Waals surface area contributed by atoms with Crippen LogP contribution in [0.4, 0.5) is 5.82 Å². The molecule has 0 atom stereocenters. The summed E-state index contributed by atoms with van der Waals surface area (Å²) in [5, 5.41) is 4.76. The van der Waals surface area contributed by atoms with E-state index in [0.717, 1.165) is 80.8 Å². The molecule has 0 saturated carbocycles. The van der Waals surface area contributed by atoms with Crippen molar-refractivity contribution < 1.29 is 11.0 Å². The van der Waals surface area contributed by atoms with Gasteiger partial charge in [0.05, 0.1) is 17.1 Å². The number of ether oxygens (including phenoxy) is 1. The van der Waals surface area contributed by atoms with E-state index < -0.39 is 0 Å². The highest BCUT2D eigenvalue weighted by Crippen LogP contribution is 2.28. The highest BCUT2D eigenvalue weighted by molar-refractivity contribution is 6.35. The topological polar surface area (TPSA) is 60.9 Å². The lowest BCUT2D eigenvalue weighted by molar-refractivity contribution is 0.0946. The molecule has 2 fully saturated rings. The van der Waals surface area contributed by atoms with Crippen LogP contribution in [0.3, 0.4) is 0 Å². The van der Waals surface area contributed by atoms with Crippen molar-refractivity contribution in [2.24, 2.45) is 0 Å². The molecule has 3 heterocycles. The molecule has 1 N–H and O–H groups in total. The summed E-state index contributed by atoms with van der Waals surface area (Å²) >= 11 is 19.0. The van der Waals surface area contributed by atoms with E-state index in [1.165, 1.54) is 0 Å². The molecule has 5 rings (SSSR count). The van der Waals surface area contributed by atoms with E-state index in [9.17, 15) is 4.79 Å². The van der Waals surface area contributed by atoms with Gasteiger partial charge in [-0.2, -0.15) is 0 Å². The molecule has 7 nitrogen and oxygen atoms in total. The number of nitrogens with zero attached hydrogens (tertiary/aromatic N) is 4. The van der Waals surface area contributed by atoms with Crippen molar-refractivity contribution >= 4 is 46.5 Å². The van der Waals surface area contributed by atoms with Crippen LogP contribution in [0.5, 0.6) is 5.75 Å². The van der Waals surface area contributed by atoms with E-state index in [0.29, 0.717) is 34.8 Å². The first-order chi connectivity index (χ1) is 19.5. The molecule has 3 aromatic rings. The zero-order valence-electron chi connectivity index (χ0n) is 22.4. The number of amides is 1. The van der Waals surface area contributed by atoms with Crippen molar-refractivity contribution in [2.45, 2.75) is 25.4 Å². The van der Waals surface area contributed by atoms with Gasteiger partial charge in [0.1, 0.15) is 18.2 Å². The summed E-state index contributed by atoms with van der Waals surface area (Å²) in [6, 6.07) is 17.5. The van der Waals surface area contributed by atoms with Gasteiger partial charge in [0.2, 0.25) is 0 Å². The van der Waals surface area contributed by atoms with Crippen LogP contribution in [0.15, 0.2) is 60.8 Å². The lowest BCUT2D eigenvalue weighted by atomic mass is 10.0. The summed E-state index contributed by atoms with van der Waals surface area (Å²) in [7, 11) is 0. The monoisotopic (exact) mass is 603 g/mol. The average molecular weight is 605 g/mol. The Kier molecular flexibility index (Phi) is 10.0. The van der Waals surface area contributed by atoms with Crippen molar-refractivity contribution in [3.8, 4) is 5.75 Å². The van der Waals surface area contributed by atoms with E-state index in [1.54, 1.807) is 12.3 Å². The maximum atomic E-state index is 12.6. The Morgan fingerprint density at radius 3 is 2.40 bits per heavy atom. The zero-order chi connectivity index (χ0) is 27.9. The number of carbonyl (C=O) groups excluding carboxylic acids is 1. The number of para-hydroxylation sites is 1. The number of benzene rings is 2. The van der Waals surface area contributed by atoms with Gasteiger partial charge in [-0.1, -0.05) is 59.1 Å². The van der Waals surface area contributed by atoms with Crippen molar-refractivity contribution in [2.75, 3.05) is 57.3 Å². The molecule has 1 aromatic heterocycles. The van der Waals surface area contributed by atoms with E-state index in [4.69, 9.17) is 39.5 Å². The van der Waals surface area contributed by atoms with Gasteiger partial charge in [0.15, 0.2) is 0 Å². The number of anilines is 1. The number of hydrogen-bond donors (Lipinski definition) is 1. The first kappa shape index (κ1) is 29.0. The number of halogens is 3. The Balaban J connectivity index is 0.00000387. The maximum Gasteiger partial charge on any atom is 0.253 e. The van der Waals surface area contributed by atoms with E-state index in [1.807, 2.05) is 48.5 Å². The summed E-state index contributed by atoms with van der Waals surface area (Å²) in [4.78, 5) is 24.4. The SMILES string of the molecule is O=C(NCCOc1ccccc1)c1cnc(N2CCN(C3CCN(Cc4ccc(Cl)cc4Cl)CC3)CC2)c(Cl)c1.[HH]. The number of aromatic nitrogens is 1. The molecule has 1 amide bonds. The second-order valence-corrected chi connectivity index (χ2v) is 11.5. The highest BCUT2D eigenvalue weighted by Gasteiger charge is 2.28. The molecule has 0 radical (unpaired) electrons. The molecule has 2 aromatic carbocycles. The average Bonchev–Trinajstić information content (AvgIpc) is 2.98. The van der Waals surface area contributed by atoms with E-state index in [-0.39, 0.29) is 7.33 Å². The Morgan fingerprint density at radius 2 is 1.70 bits per heavy atom. The van der Waals surface area contributed by atoms with Crippen LogP contribution < -0.4 is 15.0 Å². The minimum absolute atomic E-state index is 0. The minimum Gasteiger partial charge on any atom is -0.492 e. The molecule has 0 unspecified atom stereocenters. The molecule has 40 heavy (non-hydrogen) atoms. The van der Waals surface area contributed by atoms with Crippen LogP contribution in [0.25, 0.3) is 0 Å². The first-order valence-corrected chi connectivity index (χ1v) is 14.9. The number of hydrogen-bond acceptors (Lipinski definition) is 6. The Bertz CT molecular complexity index is 1290. The fourth-order valence-electron chi connectivity index (χ4n) is 5.37. The van der Waals surface area contributed by atoms with Crippen LogP contribution >= 0.6 is 34.8 Å². The van der Waals surface area contributed by atoms with Gasteiger partial charge in [-0.3, -0.25) is 14.6 Å². The Morgan fingerprint density at radius 1 is 0.950 bits per heavy atom. The number of rotatable bonds is 9. The molecule has 2 aliphatic rings. The standard InChI is InChI=1S/C30H34Cl3N5O2.H2/c31-24-7-6-22(27(32)19-24)21-36-11-8-25(9-12-36)37-13-15-38(16-14-37)29-28(33)18-23(20-35-29)30(39)34-10-17-40-26-4-2-1-3-5-26;/h1-7,18-20,25H,8-17,21H2,(H,34,39);1H. The Hall–Kier alpha value is -2.55. The smallest absolute Gasteiger partial charge is 0.253 e. The van der Waals surface area contributed by atoms with Crippen molar-refractivity contribution in [3.05, 3.63) is 87.0 Å². The van der Waals surface area contributed by atoms with Gasteiger partial charge in [0, 0.05) is 56.4 Å². The van der Waals surface area contributed by atoms with Gasteiger partial charge in [-0.15, -0.1) is 0 Å². The fourth-order valence-corrected chi connectivity index (χ4v) is 6.13. The lowest BCUT2D eigenvalue weighted by Crippen LogP contribution is -2.53. The zero-order valence-corrected chi connectivity index (χ0v) is 24.6. The third-order valence-electron chi connectivity index (χ3n) is 7.58. The number of likely N-dealkylation sites (tertiary alicyclic amines) is 1. The van der Waals surface area contributed by atoms with Crippen LogP contribution in [-0.2, 0) is 6.54 Å². The quantitative estimate of drug-likeness (QED) is 0.308. The first-order valence-electron chi connectivity index (χ1n) is 13.7. The number of pyridine rings is 1. The highest BCUT2D eigenvalue weighted by atomic mass is 35.5. The van der Waals surface area contributed by atoms with Crippen molar-refractivity contribution in [1.29, 1.82) is 0 Å². The number of carbonyl (C=O) groups is 1. The summed E-state index contributed by atoms with van der Waals surface area (Å²) in [5.41, 5.74) is 1.57. The van der Waals surface area contributed by atoms with Crippen molar-refractivity contribution in [1.82, 2.24) is 20.1 Å². The van der Waals surface area contributed by atoms with Crippen LogP contribution in [0.2, 0.25) is 15.1 Å². The normalized spacial score (nSPS) is 17.1. The maximum absolute atomic E-state index is 12.6. The summed E-state index contributed by atoms with van der Waals surface area (Å²) in [5.74, 6) is 1.29. The molecular formula is C30H36Cl3N5O2. The molecule has 0 aliphatic carbocycles. The predicted octanol–water partition coefficient (Wildman–Crippen LogP) is 5.88. The largest absolute Gasteiger partial charge is 0.492 e. The molecule has 10 heteroatoms. The summed E-state index contributed by atoms with van der Waals surface area (Å²) in [6.45, 7) is 7.39. The predicted molar refractivity (Wildman–Crippen MR) is 164 cm³/mol. The molecule has 0 spiro atoms. The van der Waals surface area contributed by atoms with Gasteiger partial charge in [-0.05, 0) is 61.8 Å². The number of piperazine rings is 1. The summed E-state index contributed by atoms with van der Waals surface area (Å²) < 4.78 is 5.63. The third-order valence-corrected chi connectivity index (χ3v) is 8.44. The Labute approximate surface area is 252 Å². The number of nitrogens with one attached hydrogen (secondary N) is 1. The number of piperidine rings is 1. The lowest BCUT2D eigenvalue weighted by Gasteiger charge is -2.43. The molecule has 214 valence electrons. The van der Waals surface area contributed by atoms with E-state index in [2.05, 4.69) is 25.0 Å². The van der Waals surface area contributed by atoms with E-state index >= 15 is 0 Å². The van der Waals surface area contributed by atoms with Crippen LogP contribution in [0.1, 0.15) is 30.2 Å².